The van der Waals surface area contributed by atoms with E-state index in [0.717, 1.165) is 56.7 Å². The molecule has 30 heavy (non-hydrogen) atoms. The Kier molecular flexibility index (Phi) is 9.56. The van der Waals surface area contributed by atoms with Crippen LogP contribution in [0, 0.1) is 6.92 Å². The van der Waals surface area contributed by atoms with Crippen LogP contribution in [-0.4, -0.2) is 89.0 Å². The van der Waals surface area contributed by atoms with Crippen LogP contribution < -0.4 is 5.32 Å². The van der Waals surface area contributed by atoms with Crippen molar-refractivity contribution in [1.82, 2.24) is 35.0 Å². The number of rotatable bonds is 7. The first-order chi connectivity index (χ1) is 14.0. The summed E-state index contributed by atoms with van der Waals surface area (Å²) in [7, 11) is 6.12. The van der Waals surface area contributed by atoms with E-state index in [4.69, 9.17) is 9.52 Å². The Labute approximate surface area is 196 Å². The van der Waals surface area contributed by atoms with Gasteiger partial charge >= 0.3 is 0 Å². The fourth-order valence-electron chi connectivity index (χ4n) is 3.62. The second-order valence-electron chi connectivity index (χ2n) is 7.81. The number of guanidine groups is 1. The van der Waals surface area contributed by atoms with Crippen LogP contribution in [0.4, 0.5) is 0 Å². The number of aromatic nitrogens is 3. The third kappa shape index (κ3) is 6.67. The highest BCUT2D eigenvalue weighted by molar-refractivity contribution is 14.0. The molecule has 1 N–H and O–H groups in total. The van der Waals surface area contributed by atoms with Crippen molar-refractivity contribution in [3.05, 3.63) is 35.5 Å². The summed E-state index contributed by atoms with van der Waals surface area (Å²) in [5.74, 6) is 1.85. The highest BCUT2D eigenvalue weighted by Gasteiger charge is 2.22. The van der Waals surface area contributed by atoms with E-state index >= 15 is 0 Å². The van der Waals surface area contributed by atoms with E-state index in [1.165, 1.54) is 5.56 Å². The summed E-state index contributed by atoms with van der Waals surface area (Å²) in [6, 6.07) is 2.21. The summed E-state index contributed by atoms with van der Waals surface area (Å²) in [5.41, 5.74) is 2.19. The fraction of sp³-hybridized carbons (Fsp3) is 0.650. The van der Waals surface area contributed by atoms with E-state index in [1.807, 2.05) is 30.9 Å². The number of hydrogen-bond acceptors (Lipinski definition) is 6. The molecule has 1 aliphatic rings. The first kappa shape index (κ1) is 24.6. The van der Waals surface area contributed by atoms with E-state index in [9.17, 15) is 0 Å². The lowest BCUT2D eigenvalue weighted by atomic mass is 10.1. The van der Waals surface area contributed by atoms with Crippen molar-refractivity contribution in [3.63, 3.8) is 0 Å². The van der Waals surface area contributed by atoms with Gasteiger partial charge in [0, 0.05) is 64.1 Å². The van der Waals surface area contributed by atoms with E-state index < -0.39 is 0 Å². The van der Waals surface area contributed by atoms with E-state index in [1.54, 1.807) is 0 Å². The number of halogens is 1. The van der Waals surface area contributed by atoms with Crippen molar-refractivity contribution in [1.29, 1.82) is 0 Å². The molecule has 0 bridgehead atoms. The molecule has 0 spiro atoms. The lowest BCUT2D eigenvalue weighted by Crippen LogP contribution is -2.52. The molecule has 0 saturated carbocycles. The van der Waals surface area contributed by atoms with Gasteiger partial charge < -0.3 is 19.6 Å². The standard InChI is InChI=1S/C20H34N8O.HI/c1-6-21-20(22-13-19(25(3)4)17-12-23-26(5)14-17)28-9-7-27(8-10-28)15-18-11-16(2)29-24-18;/h11-12,14,19H,6-10,13,15H2,1-5H3,(H,21,22);1H. The minimum atomic E-state index is 0. The molecular weight excluding hydrogens is 495 g/mol. The Bertz CT molecular complexity index is 794. The van der Waals surface area contributed by atoms with Gasteiger partial charge in [-0.15, -0.1) is 24.0 Å². The van der Waals surface area contributed by atoms with Crippen molar-refractivity contribution in [3.8, 4) is 0 Å². The number of aryl methyl sites for hydroxylation is 2. The summed E-state index contributed by atoms with van der Waals surface area (Å²) >= 11 is 0. The molecule has 2 aromatic rings. The zero-order chi connectivity index (χ0) is 20.8. The maximum atomic E-state index is 5.18. The third-order valence-corrected chi connectivity index (χ3v) is 5.22. The summed E-state index contributed by atoms with van der Waals surface area (Å²) in [4.78, 5) is 11.9. The van der Waals surface area contributed by atoms with Gasteiger partial charge in [0.05, 0.1) is 24.5 Å². The lowest BCUT2D eigenvalue weighted by molar-refractivity contribution is 0.168. The molecule has 0 aliphatic carbocycles. The lowest BCUT2D eigenvalue weighted by Gasteiger charge is -2.36. The Morgan fingerprint density at radius 1 is 1.30 bits per heavy atom. The van der Waals surface area contributed by atoms with Gasteiger partial charge in [-0.25, -0.2) is 0 Å². The summed E-state index contributed by atoms with van der Waals surface area (Å²) in [6.45, 7) is 10.3. The molecule has 0 aromatic carbocycles. The summed E-state index contributed by atoms with van der Waals surface area (Å²) in [5, 5.41) is 11.9. The number of nitrogens with one attached hydrogen (secondary N) is 1. The van der Waals surface area contributed by atoms with Crippen molar-refractivity contribution >= 4 is 29.9 Å². The number of hydrogen-bond donors (Lipinski definition) is 1. The van der Waals surface area contributed by atoms with Crippen LogP contribution in [0.25, 0.3) is 0 Å². The Morgan fingerprint density at radius 2 is 2.03 bits per heavy atom. The van der Waals surface area contributed by atoms with Gasteiger partial charge in [0.25, 0.3) is 0 Å². The molecule has 1 saturated heterocycles. The molecule has 168 valence electrons. The maximum Gasteiger partial charge on any atom is 0.194 e. The normalized spacial score (nSPS) is 16.6. The monoisotopic (exact) mass is 530 g/mol. The van der Waals surface area contributed by atoms with Gasteiger partial charge in [-0.2, -0.15) is 5.10 Å². The van der Waals surface area contributed by atoms with E-state index in [0.29, 0.717) is 6.54 Å². The molecule has 1 atom stereocenters. The number of piperazine rings is 1. The third-order valence-electron chi connectivity index (χ3n) is 5.22. The maximum absolute atomic E-state index is 5.18. The molecule has 0 amide bonds. The quantitative estimate of drug-likeness (QED) is 0.332. The molecule has 3 rings (SSSR count). The Balaban J connectivity index is 0.00000320. The molecule has 2 aromatic heterocycles. The molecule has 3 heterocycles. The van der Waals surface area contributed by atoms with Gasteiger partial charge in [0.2, 0.25) is 0 Å². The largest absolute Gasteiger partial charge is 0.361 e. The van der Waals surface area contributed by atoms with Gasteiger partial charge in [-0.1, -0.05) is 5.16 Å². The van der Waals surface area contributed by atoms with Crippen LogP contribution in [0.1, 0.15) is 30.0 Å². The zero-order valence-electron chi connectivity index (χ0n) is 18.7. The summed E-state index contributed by atoms with van der Waals surface area (Å²) < 4.78 is 7.03. The first-order valence-electron chi connectivity index (χ1n) is 10.3. The van der Waals surface area contributed by atoms with Crippen molar-refractivity contribution in [2.45, 2.75) is 26.4 Å². The van der Waals surface area contributed by atoms with E-state index in [-0.39, 0.29) is 30.0 Å². The predicted molar refractivity (Wildman–Crippen MR) is 129 cm³/mol. The van der Waals surface area contributed by atoms with Gasteiger partial charge in [0.1, 0.15) is 5.76 Å². The Hall–Kier alpha value is -1.66. The average molecular weight is 530 g/mol. The number of likely N-dealkylation sites (N-methyl/N-ethyl adjacent to an activating group) is 1. The summed E-state index contributed by atoms with van der Waals surface area (Å²) in [6.07, 6.45) is 4.00. The van der Waals surface area contributed by atoms with E-state index in [2.05, 4.69) is 57.5 Å². The molecule has 1 fully saturated rings. The second-order valence-corrected chi connectivity index (χ2v) is 7.81. The van der Waals surface area contributed by atoms with Crippen molar-refractivity contribution in [2.24, 2.45) is 12.0 Å². The molecular formula is C20H35IN8O. The number of nitrogens with zero attached hydrogens (tertiary/aromatic N) is 7. The van der Waals surface area contributed by atoms with Crippen LogP contribution in [0.3, 0.4) is 0 Å². The minimum absolute atomic E-state index is 0. The number of aliphatic imine (C=N–C) groups is 1. The fourth-order valence-corrected chi connectivity index (χ4v) is 3.62. The van der Waals surface area contributed by atoms with Crippen LogP contribution in [0.15, 0.2) is 28.0 Å². The molecule has 0 radical (unpaired) electrons. The molecule has 9 nitrogen and oxygen atoms in total. The predicted octanol–water partition coefficient (Wildman–Crippen LogP) is 1.72. The average Bonchev–Trinajstić information content (AvgIpc) is 3.29. The molecule has 1 aliphatic heterocycles. The van der Waals surface area contributed by atoms with Crippen molar-refractivity contribution < 1.29 is 4.52 Å². The van der Waals surface area contributed by atoms with Crippen LogP contribution in [-0.2, 0) is 13.6 Å². The minimum Gasteiger partial charge on any atom is -0.361 e. The van der Waals surface area contributed by atoms with Gasteiger partial charge in [0.15, 0.2) is 5.96 Å². The van der Waals surface area contributed by atoms with Gasteiger partial charge in [-0.05, 0) is 27.9 Å². The Morgan fingerprint density at radius 3 is 2.57 bits per heavy atom. The smallest absolute Gasteiger partial charge is 0.194 e. The van der Waals surface area contributed by atoms with Crippen LogP contribution in [0.2, 0.25) is 0 Å². The highest BCUT2D eigenvalue weighted by Crippen LogP contribution is 2.18. The zero-order valence-corrected chi connectivity index (χ0v) is 21.0. The molecule has 1 unspecified atom stereocenters. The first-order valence-corrected chi connectivity index (χ1v) is 10.3. The van der Waals surface area contributed by atoms with Gasteiger partial charge in [-0.3, -0.25) is 14.6 Å². The topological polar surface area (TPSA) is 78.0 Å². The SMILES string of the molecule is CCNC(=NCC(c1cnn(C)c1)N(C)C)N1CCN(Cc2cc(C)on2)CC1.I. The van der Waals surface area contributed by atoms with Crippen LogP contribution >= 0.6 is 24.0 Å². The molecule has 10 heteroatoms. The highest BCUT2D eigenvalue weighted by atomic mass is 127. The second kappa shape index (κ2) is 11.7. The van der Waals surface area contributed by atoms with Crippen molar-refractivity contribution in [2.75, 3.05) is 53.4 Å². The van der Waals surface area contributed by atoms with Crippen LogP contribution in [0.5, 0.6) is 0 Å².